The molecule has 1 aliphatic heterocycles. The second-order valence-electron chi connectivity index (χ2n) is 8.67. The second kappa shape index (κ2) is 12.2. The lowest BCUT2D eigenvalue weighted by molar-refractivity contribution is -0.174. The van der Waals surface area contributed by atoms with Gasteiger partial charge in [-0.15, -0.1) is 0 Å². The molecule has 0 radical (unpaired) electrons. The summed E-state index contributed by atoms with van der Waals surface area (Å²) in [5.41, 5.74) is 1.20. The Morgan fingerprint density at radius 2 is 1.67 bits per heavy atom. The van der Waals surface area contributed by atoms with Crippen LogP contribution in [0.2, 0.25) is 0 Å². The van der Waals surface area contributed by atoms with Crippen LogP contribution in [0.25, 0.3) is 0 Å². The number of hydrogen-bond donors (Lipinski definition) is 2. The molecule has 0 aromatic heterocycles. The van der Waals surface area contributed by atoms with Gasteiger partial charge in [-0.2, -0.15) is 13.2 Å². The zero-order valence-electron chi connectivity index (χ0n) is 18.8. The van der Waals surface area contributed by atoms with Gasteiger partial charge in [-0.05, 0) is 43.5 Å². The molecule has 2 fully saturated rings. The number of carbonyl (C=O) groups excluding carboxylic acids is 2. The molecule has 1 heterocycles. The van der Waals surface area contributed by atoms with E-state index in [1.54, 1.807) is 29.2 Å². The molecule has 1 aromatic carbocycles. The molecule has 0 atom stereocenters. The van der Waals surface area contributed by atoms with Crippen LogP contribution < -0.4 is 10.6 Å². The molecule has 184 valence electrons. The van der Waals surface area contributed by atoms with Crippen LogP contribution in [0, 0.1) is 0 Å². The summed E-state index contributed by atoms with van der Waals surface area (Å²) in [5.74, 6) is -0.0836. The van der Waals surface area contributed by atoms with Crippen molar-refractivity contribution in [3.05, 3.63) is 29.8 Å². The first-order valence-corrected chi connectivity index (χ1v) is 11.6. The Labute approximate surface area is 192 Å². The normalized spacial score (nSPS) is 18.2. The van der Waals surface area contributed by atoms with E-state index in [1.807, 2.05) is 0 Å². The standard InChI is InChI=1S/C23H33F3N4O3/c24-23(25,26)17-33-16-4-11-29-12-14-30(15-13-29)22(32)28-20-9-7-18(8-10-20)21(31)27-19-5-2-1-3-6-19/h7-10,19H,1-6,11-17H2,(H,27,31)(H,28,32). The Kier molecular flexibility index (Phi) is 9.37. The predicted octanol–water partition coefficient (Wildman–Crippen LogP) is 3.87. The molecule has 3 rings (SSSR count). The van der Waals surface area contributed by atoms with E-state index >= 15 is 0 Å². The summed E-state index contributed by atoms with van der Waals surface area (Å²) in [5, 5.41) is 5.94. The largest absolute Gasteiger partial charge is 0.411 e. The number of anilines is 1. The van der Waals surface area contributed by atoms with Gasteiger partial charge in [0.2, 0.25) is 0 Å². The number of nitrogens with zero attached hydrogens (tertiary/aromatic N) is 2. The Morgan fingerprint density at radius 1 is 1.00 bits per heavy atom. The highest BCUT2D eigenvalue weighted by atomic mass is 19.4. The van der Waals surface area contributed by atoms with E-state index in [2.05, 4.69) is 20.3 Å². The predicted molar refractivity (Wildman–Crippen MR) is 119 cm³/mol. The fraction of sp³-hybridized carbons (Fsp3) is 0.652. The summed E-state index contributed by atoms with van der Waals surface area (Å²) in [6.45, 7) is 1.88. The van der Waals surface area contributed by atoms with Crippen LogP contribution in [0.15, 0.2) is 24.3 Å². The topological polar surface area (TPSA) is 73.9 Å². The minimum Gasteiger partial charge on any atom is -0.372 e. The third kappa shape index (κ3) is 8.85. The number of nitrogens with one attached hydrogen (secondary N) is 2. The highest BCUT2D eigenvalue weighted by molar-refractivity contribution is 5.95. The van der Waals surface area contributed by atoms with Gasteiger partial charge in [0.1, 0.15) is 6.61 Å². The zero-order valence-corrected chi connectivity index (χ0v) is 18.8. The van der Waals surface area contributed by atoms with E-state index in [1.165, 1.54) is 6.42 Å². The van der Waals surface area contributed by atoms with E-state index in [-0.39, 0.29) is 24.6 Å². The summed E-state index contributed by atoms with van der Waals surface area (Å²) < 4.78 is 40.8. The molecule has 7 nitrogen and oxygen atoms in total. The van der Waals surface area contributed by atoms with E-state index < -0.39 is 12.8 Å². The Balaban J connectivity index is 1.34. The van der Waals surface area contributed by atoms with Crippen molar-refractivity contribution in [2.45, 2.75) is 50.7 Å². The number of benzene rings is 1. The fourth-order valence-electron chi connectivity index (χ4n) is 4.18. The Morgan fingerprint density at radius 3 is 2.30 bits per heavy atom. The van der Waals surface area contributed by atoms with Gasteiger partial charge < -0.3 is 20.3 Å². The van der Waals surface area contributed by atoms with Crippen LogP contribution in [-0.4, -0.2) is 79.9 Å². The summed E-state index contributed by atoms with van der Waals surface area (Å²) in [6.07, 6.45) is 1.82. The zero-order chi connectivity index (χ0) is 23.7. The molecule has 1 saturated heterocycles. The number of halogens is 3. The molecule has 0 bridgehead atoms. The van der Waals surface area contributed by atoms with E-state index in [0.29, 0.717) is 50.4 Å². The molecule has 33 heavy (non-hydrogen) atoms. The first-order chi connectivity index (χ1) is 15.8. The maximum atomic E-state index is 12.5. The lowest BCUT2D eigenvalue weighted by Crippen LogP contribution is -2.50. The minimum atomic E-state index is -4.29. The monoisotopic (exact) mass is 470 g/mol. The van der Waals surface area contributed by atoms with Crippen molar-refractivity contribution in [2.75, 3.05) is 51.3 Å². The van der Waals surface area contributed by atoms with Gasteiger partial charge in [0.15, 0.2) is 0 Å². The van der Waals surface area contributed by atoms with Gasteiger partial charge in [-0.25, -0.2) is 4.79 Å². The van der Waals surface area contributed by atoms with Crippen LogP contribution in [0.5, 0.6) is 0 Å². The molecule has 1 aromatic rings. The quantitative estimate of drug-likeness (QED) is 0.566. The maximum absolute atomic E-state index is 12.5. The number of ether oxygens (including phenoxy) is 1. The van der Waals surface area contributed by atoms with Crippen LogP contribution in [0.1, 0.15) is 48.9 Å². The average Bonchev–Trinajstić information content (AvgIpc) is 2.79. The summed E-state index contributed by atoms with van der Waals surface area (Å²) in [7, 11) is 0. The highest BCUT2D eigenvalue weighted by Crippen LogP contribution is 2.18. The number of rotatable bonds is 8. The van der Waals surface area contributed by atoms with Crippen molar-refractivity contribution < 1.29 is 27.5 Å². The SMILES string of the molecule is O=C(NC1CCCCC1)c1ccc(NC(=O)N2CCN(CCCOCC(F)(F)F)CC2)cc1. The molecule has 3 amide bonds. The van der Waals surface area contributed by atoms with Gasteiger partial charge in [0.25, 0.3) is 5.91 Å². The molecule has 2 aliphatic rings. The van der Waals surface area contributed by atoms with Gasteiger partial charge in [-0.1, -0.05) is 19.3 Å². The summed E-state index contributed by atoms with van der Waals surface area (Å²) >= 11 is 0. The van der Waals surface area contributed by atoms with Crippen LogP contribution in [0.4, 0.5) is 23.7 Å². The highest BCUT2D eigenvalue weighted by Gasteiger charge is 2.27. The maximum Gasteiger partial charge on any atom is 0.411 e. The van der Waals surface area contributed by atoms with E-state index in [0.717, 1.165) is 25.7 Å². The van der Waals surface area contributed by atoms with E-state index in [9.17, 15) is 22.8 Å². The third-order valence-electron chi connectivity index (χ3n) is 6.03. The number of hydrogen-bond acceptors (Lipinski definition) is 4. The average molecular weight is 471 g/mol. The van der Waals surface area contributed by atoms with Gasteiger partial charge >= 0.3 is 12.2 Å². The van der Waals surface area contributed by atoms with Crippen molar-refractivity contribution in [3.63, 3.8) is 0 Å². The van der Waals surface area contributed by atoms with E-state index in [4.69, 9.17) is 0 Å². The van der Waals surface area contributed by atoms with Crippen molar-refractivity contribution in [1.82, 2.24) is 15.1 Å². The fourth-order valence-corrected chi connectivity index (χ4v) is 4.18. The first kappa shape index (κ1) is 25.3. The molecule has 0 unspecified atom stereocenters. The minimum absolute atomic E-state index is 0.0644. The van der Waals surface area contributed by atoms with Crippen molar-refractivity contribution in [1.29, 1.82) is 0 Å². The number of piperazine rings is 1. The summed E-state index contributed by atoms with van der Waals surface area (Å²) in [4.78, 5) is 28.8. The Hall–Kier alpha value is -2.33. The smallest absolute Gasteiger partial charge is 0.372 e. The number of urea groups is 1. The Bertz CT molecular complexity index is 759. The molecule has 10 heteroatoms. The molecule has 0 spiro atoms. The number of amides is 3. The van der Waals surface area contributed by atoms with Crippen LogP contribution >= 0.6 is 0 Å². The molecule has 1 aliphatic carbocycles. The molecule has 2 N–H and O–H groups in total. The summed E-state index contributed by atoms with van der Waals surface area (Å²) in [6, 6.07) is 6.92. The van der Waals surface area contributed by atoms with Crippen LogP contribution in [-0.2, 0) is 4.74 Å². The lowest BCUT2D eigenvalue weighted by atomic mass is 9.95. The van der Waals surface area contributed by atoms with Gasteiger partial charge in [-0.3, -0.25) is 9.69 Å². The second-order valence-corrected chi connectivity index (χ2v) is 8.67. The van der Waals surface area contributed by atoms with Gasteiger partial charge in [0.05, 0.1) is 0 Å². The molecule has 1 saturated carbocycles. The lowest BCUT2D eigenvalue weighted by Gasteiger charge is -2.34. The third-order valence-corrected chi connectivity index (χ3v) is 6.03. The van der Waals surface area contributed by atoms with Crippen LogP contribution in [0.3, 0.4) is 0 Å². The van der Waals surface area contributed by atoms with Crippen molar-refractivity contribution >= 4 is 17.6 Å². The first-order valence-electron chi connectivity index (χ1n) is 11.6. The molecular weight excluding hydrogens is 437 g/mol. The van der Waals surface area contributed by atoms with Crippen molar-refractivity contribution in [2.24, 2.45) is 0 Å². The molecular formula is C23H33F3N4O3. The number of alkyl halides is 3. The number of carbonyl (C=O) groups is 2. The van der Waals surface area contributed by atoms with Crippen molar-refractivity contribution in [3.8, 4) is 0 Å². The van der Waals surface area contributed by atoms with Gasteiger partial charge in [0, 0.05) is 56.6 Å².